The van der Waals surface area contributed by atoms with E-state index in [1.807, 2.05) is 0 Å². The number of carbonyl (C=O) groups is 3. The lowest BCUT2D eigenvalue weighted by Gasteiger charge is -2.12. The predicted molar refractivity (Wildman–Crippen MR) is 86.0 cm³/mol. The Morgan fingerprint density at radius 3 is 2.68 bits per heavy atom. The third-order valence-electron chi connectivity index (χ3n) is 3.20. The second kappa shape index (κ2) is 7.47. The predicted octanol–water partition coefficient (Wildman–Crippen LogP) is 0.607. The third-order valence-corrected chi connectivity index (χ3v) is 3.20. The number of urea groups is 1. The van der Waals surface area contributed by atoms with Gasteiger partial charge in [-0.05, 0) is 31.5 Å². The number of imide groups is 1. The molecule has 0 saturated carbocycles. The Bertz CT molecular complexity index is 888. The number of amides is 3. The monoisotopic (exact) mass is 348 g/mol. The average Bonchev–Trinajstić information content (AvgIpc) is 2.51. The fraction of sp³-hybridized carbons (Fsp3) is 0.250. The largest absolute Gasteiger partial charge is 0.482 e. The van der Waals surface area contributed by atoms with E-state index in [9.17, 15) is 19.2 Å². The fourth-order valence-electron chi connectivity index (χ4n) is 2.05. The summed E-state index contributed by atoms with van der Waals surface area (Å²) in [6, 6.07) is 5.10. The lowest BCUT2D eigenvalue weighted by atomic mass is 10.1. The molecule has 1 aromatic heterocycles. The van der Waals surface area contributed by atoms with Crippen LogP contribution >= 0.6 is 0 Å². The van der Waals surface area contributed by atoms with Crippen LogP contribution in [0.5, 0.6) is 5.75 Å². The number of hydrogen-bond donors (Lipinski definition) is 2. The lowest BCUT2D eigenvalue weighted by molar-refractivity contribution is -0.156. The van der Waals surface area contributed by atoms with E-state index in [0.717, 1.165) is 10.9 Å². The van der Waals surface area contributed by atoms with E-state index in [2.05, 4.69) is 0 Å². The number of rotatable bonds is 5. The highest BCUT2D eigenvalue weighted by Gasteiger charge is 2.19. The maximum absolute atomic E-state index is 11.7. The van der Waals surface area contributed by atoms with Crippen molar-refractivity contribution in [3.05, 3.63) is 40.2 Å². The molecule has 1 heterocycles. The van der Waals surface area contributed by atoms with Gasteiger partial charge in [0.15, 0.2) is 12.7 Å². The quantitative estimate of drug-likeness (QED) is 0.596. The van der Waals surface area contributed by atoms with Gasteiger partial charge in [0, 0.05) is 17.5 Å². The van der Waals surface area contributed by atoms with Crippen molar-refractivity contribution in [2.75, 3.05) is 6.61 Å². The molecule has 0 spiro atoms. The van der Waals surface area contributed by atoms with Crippen molar-refractivity contribution in [3.8, 4) is 5.75 Å². The van der Waals surface area contributed by atoms with E-state index < -0.39 is 36.2 Å². The van der Waals surface area contributed by atoms with Crippen molar-refractivity contribution in [2.24, 2.45) is 5.73 Å². The van der Waals surface area contributed by atoms with Crippen molar-refractivity contribution < 1.29 is 28.3 Å². The van der Waals surface area contributed by atoms with Gasteiger partial charge in [0.2, 0.25) is 0 Å². The van der Waals surface area contributed by atoms with Gasteiger partial charge in [-0.15, -0.1) is 0 Å². The van der Waals surface area contributed by atoms with Crippen LogP contribution < -0.4 is 21.4 Å². The molecule has 1 atom stereocenters. The smallest absolute Gasteiger partial charge is 0.344 e. The van der Waals surface area contributed by atoms with E-state index in [1.165, 1.54) is 19.1 Å². The fourth-order valence-corrected chi connectivity index (χ4v) is 2.05. The maximum atomic E-state index is 11.7. The van der Waals surface area contributed by atoms with Gasteiger partial charge in [-0.3, -0.25) is 10.1 Å². The third kappa shape index (κ3) is 4.80. The molecule has 2 aromatic rings. The van der Waals surface area contributed by atoms with E-state index >= 15 is 0 Å². The summed E-state index contributed by atoms with van der Waals surface area (Å²) >= 11 is 0. The van der Waals surface area contributed by atoms with E-state index in [4.69, 9.17) is 19.6 Å². The van der Waals surface area contributed by atoms with Gasteiger partial charge >= 0.3 is 17.6 Å². The van der Waals surface area contributed by atoms with Gasteiger partial charge in [-0.1, -0.05) is 0 Å². The zero-order chi connectivity index (χ0) is 18.6. The number of benzene rings is 1. The summed E-state index contributed by atoms with van der Waals surface area (Å²) in [5.41, 5.74) is 5.39. The van der Waals surface area contributed by atoms with E-state index in [0.29, 0.717) is 5.58 Å². The summed E-state index contributed by atoms with van der Waals surface area (Å²) in [5.74, 6) is -1.38. The molecule has 1 aromatic carbocycles. The molecule has 0 radical (unpaired) electrons. The number of esters is 1. The van der Waals surface area contributed by atoms with Gasteiger partial charge in [-0.25, -0.2) is 14.4 Å². The number of ether oxygens (including phenoxy) is 2. The van der Waals surface area contributed by atoms with Crippen molar-refractivity contribution in [1.29, 1.82) is 0 Å². The van der Waals surface area contributed by atoms with Gasteiger partial charge in [0.1, 0.15) is 11.3 Å². The molecule has 0 bridgehead atoms. The normalized spacial score (nSPS) is 11.6. The maximum Gasteiger partial charge on any atom is 0.344 e. The minimum Gasteiger partial charge on any atom is -0.482 e. The lowest BCUT2D eigenvalue weighted by Crippen LogP contribution is -2.42. The summed E-state index contributed by atoms with van der Waals surface area (Å²) in [5, 5.41) is 2.53. The molecule has 9 nitrogen and oxygen atoms in total. The van der Waals surface area contributed by atoms with Gasteiger partial charge in [0.25, 0.3) is 5.91 Å². The van der Waals surface area contributed by atoms with Crippen molar-refractivity contribution in [2.45, 2.75) is 20.0 Å². The number of nitrogens with one attached hydrogen (secondary N) is 1. The molecular weight excluding hydrogens is 332 g/mol. The Balaban J connectivity index is 1.98. The van der Waals surface area contributed by atoms with Crippen molar-refractivity contribution >= 4 is 28.9 Å². The molecular formula is C16H16N2O7. The summed E-state index contributed by atoms with van der Waals surface area (Å²) < 4.78 is 15.1. The van der Waals surface area contributed by atoms with Crippen LogP contribution in [0, 0.1) is 6.92 Å². The molecule has 132 valence electrons. The SMILES string of the molecule is Cc1cc(=O)oc2cc(OCC(=O)O[C@H](C)C(=O)NC(N)=O)ccc12. The van der Waals surface area contributed by atoms with Gasteiger partial charge in [-0.2, -0.15) is 0 Å². The standard InChI is InChI=1S/C16H16N2O7/c1-8-5-13(19)25-12-6-10(3-4-11(8)12)23-7-14(20)24-9(2)15(21)18-16(17)22/h3-6,9H,7H2,1-2H3,(H3,17,18,21,22)/t9-/m1/s1. The van der Waals surface area contributed by atoms with Crippen molar-refractivity contribution in [1.82, 2.24) is 5.32 Å². The van der Waals surface area contributed by atoms with Crippen LogP contribution in [0.15, 0.2) is 33.5 Å². The first-order valence-corrected chi connectivity index (χ1v) is 7.23. The summed E-state index contributed by atoms with van der Waals surface area (Å²) in [6.45, 7) is 2.58. The molecule has 3 N–H and O–H groups in total. The highest BCUT2D eigenvalue weighted by atomic mass is 16.6. The minimum atomic E-state index is -1.21. The van der Waals surface area contributed by atoms with Crippen molar-refractivity contribution in [3.63, 3.8) is 0 Å². The summed E-state index contributed by atoms with van der Waals surface area (Å²) in [4.78, 5) is 45.0. The number of aryl methyl sites for hydroxylation is 1. The Labute approximate surface area is 141 Å². The molecule has 0 fully saturated rings. The molecule has 3 amide bonds. The van der Waals surface area contributed by atoms with Crippen LogP contribution in [0.3, 0.4) is 0 Å². The molecule has 0 aliphatic carbocycles. The number of nitrogens with two attached hydrogens (primary N) is 1. The Kier molecular flexibility index (Phi) is 5.38. The van der Waals surface area contributed by atoms with Crippen LogP contribution in [0.4, 0.5) is 4.79 Å². The topological polar surface area (TPSA) is 138 Å². The molecule has 25 heavy (non-hydrogen) atoms. The Morgan fingerprint density at radius 1 is 1.28 bits per heavy atom. The van der Waals surface area contributed by atoms with Crippen LogP contribution in [0.2, 0.25) is 0 Å². The average molecular weight is 348 g/mol. The summed E-state index contributed by atoms with van der Waals surface area (Å²) in [6.07, 6.45) is -1.21. The molecule has 9 heteroatoms. The number of hydrogen-bond acceptors (Lipinski definition) is 7. The molecule has 0 saturated heterocycles. The summed E-state index contributed by atoms with van der Waals surface area (Å²) in [7, 11) is 0. The molecule has 0 unspecified atom stereocenters. The first kappa shape index (κ1) is 18.0. The highest BCUT2D eigenvalue weighted by Crippen LogP contribution is 2.22. The number of primary amides is 1. The Hall–Kier alpha value is -3.36. The van der Waals surface area contributed by atoms with E-state index in [1.54, 1.807) is 24.4 Å². The van der Waals surface area contributed by atoms with Crippen LogP contribution in [0.25, 0.3) is 11.0 Å². The first-order valence-electron chi connectivity index (χ1n) is 7.23. The highest BCUT2D eigenvalue weighted by molar-refractivity contribution is 5.96. The second-order valence-corrected chi connectivity index (χ2v) is 5.18. The molecule has 0 aliphatic rings. The Morgan fingerprint density at radius 2 is 2.00 bits per heavy atom. The second-order valence-electron chi connectivity index (χ2n) is 5.18. The zero-order valence-corrected chi connectivity index (χ0v) is 13.5. The zero-order valence-electron chi connectivity index (χ0n) is 13.5. The van der Waals surface area contributed by atoms with Gasteiger partial charge < -0.3 is 19.6 Å². The van der Waals surface area contributed by atoms with Crippen LogP contribution in [-0.2, 0) is 14.3 Å². The van der Waals surface area contributed by atoms with E-state index in [-0.39, 0.29) is 5.75 Å². The minimum absolute atomic E-state index is 0.285. The first-order chi connectivity index (χ1) is 11.8. The molecule has 2 rings (SSSR count). The number of carbonyl (C=O) groups excluding carboxylic acids is 3. The van der Waals surface area contributed by atoms with Crippen LogP contribution in [0.1, 0.15) is 12.5 Å². The van der Waals surface area contributed by atoms with Crippen LogP contribution in [-0.4, -0.2) is 30.6 Å². The number of fused-ring (bicyclic) bond motifs is 1. The van der Waals surface area contributed by atoms with Gasteiger partial charge in [0.05, 0.1) is 0 Å². The molecule has 0 aliphatic heterocycles.